The molecule has 1 amide bonds. The summed E-state index contributed by atoms with van der Waals surface area (Å²) in [6.45, 7) is 11.2. The van der Waals surface area contributed by atoms with Gasteiger partial charge in [0.25, 0.3) is 11.8 Å². The number of anilines is 2. The standard InChI is InChI=1S/C27H35ClN8O2/c1-4-21-17-35(24-18(3)31-23(16-30-24)25-32-33-27(38-25)29-5-2)14-15-36(21)22-10-12-34(13-11-22)26(37)19-6-8-20(28)9-7-19/h6-9,16,21-22H,4-5,10-15,17H2,1-3H3,(H,29,33)/t21-/m0/s1. The SMILES string of the molecule is CCNc1nnc(-c2cnc(N3CCN(C4CCN(C(=O)c5ccc(Cl)cc5)CC4)[C@@H](CC)C3)c(C)n2)o1. The Labute approximate surface area is 228 Å². The molecule has 1 aromatic carbocycles. The van der Waals surface area contributed by atoms with Crippen LogP contribution in [-0.4, -0.2) is 87.2 Å². The Morgan fingerprint density at radius 3 is 2.55 bits per heavy atom. The van der Waals surface area contributed by atoms with Gasteiger partial charge >= 0.3 is 6.01 Å². The van der Waals surface area contributed by atoms with Gasteiger partial charge in [0.1, 0.15) is 11.5 Å². The van der Waals surface area contributed by atoms with Gasteiger partial charge in [0.05, 0.1) is 11.9 Å². The molecule has 1 N–H and O–H groups in total. The van der Waals surface area contributed by atoms with Crippen molar-refractivity contribution in [3.05, 3.63) is 46.7 Å². The number of aromatic nitrogens is 4. The highest BCUT2D eigenvalue weighted by molar-refractivity contribution is 6.30. The molecule has 2 saturated heterocycles. The lowest BCUT2D eigenvalue weighted by molar-refractivity contribution is 0.0490. The number of amides is 1. The molecule has 2 aliphatic rings. The van der Waals surface area contributed by atoms with Crippen molar-refractivity contribution in [3.8, 4) is 11.6 Å². The number of hydrogen-bond donors (Lipinski definition) is 1. The van der Waals surface area contributed by atoms with E-state index in [4.69, 9.17) is 26.0 Å². The van der Waals surface area contributed by atoms with Crippen LogP contribution in [-0.2, 0) is 0 Å². The molecule has 0 aliphatic carbocycles. The lowest BCUT2D eigenvalue weighted by atomic mass is 9.97. The van der Waals surface area contributed by atoms with Crippen molar-refractivity contribution in [1.29, 1.82) is 0 Å². The van der Waals surface area contributed by atoms with Crippen LogP contribution >= 0.6 is 11.6 Å². The molecule has 3 aromatic rings. The second-order valence-electron chi connectivity index (χ2n) is 9.88. The van der Waals surface area contributed by atoms with Crippen LogP contribution in [0.5, 0.6) is 0 Å². The number of nitrogens with one attached hydrogen (secondary N) is 1. The zero-order chi connectivity index (χ0) is 26.6. The maximum absolute atomic E-state index is 12.9. The summed E-state index contributed by atoms with van der Waals surface area (Å²) < 4.78 is 5.63. The first kappa shape index (κ1) is 26.4. The number of likely N-dealkylation sites (tertiary alicyclic amines) is 1. The van der Waals surface area contributed by atoms with Gasteiger partial charge in [-0.25, -0.2) is 9.97 Å². The zero-order valence-corrected chi connectivity index (χ0v) is 23.0. The van der Waals surface area contributed by atoms with E-state index in [9.17, 15) is 4.79 Å². The van der Waals surface area contributed by atoms with Crippen LogP contribution < -0.4 is 10.2 Å². The van der Waals surface area contributed by atoms with E-state index < -0.39 is 0 Å². The van der Waals surface area contributed by atoms with Crippen molar-refractivity contribution in [3.63, 3.8) is 0 Å². The number of carbonyl (C=O) groups is 1. The molecule has 0 saturated carbocycles. The maximum Gasteiger partial charge on any atom is 0.315 e. The molecular weight excluding hydrogens is 504 g/mol. The summed E-state index contributed by atoms with van der Waals surface area (Å²) in [4.78, 5) is 29.4. The molecule has 2 fully saturated rings. The van der Waals surface area contributed by atoms with E-state index in [1.54, 1.807) is 18.3 Å². The summed E-state index contributed by atoms with van der Waals surface area (Å²) in [6, 6.07) is 8.46. The van der Waals surface area contributed by atoms with Crippen molar-refractivity contribution in [2.75, 3.05) is 49.5 Å². The average Bonchev–Trinajstić information content (AvgIpc) is 3.42. The van der Waals surface area contributed by atoms with E-state index in [1.807, 2.05) is 30.9 Å². The van der Waals surface area contributed by atoms with E-state index in [1.165, 1.54) is 0 Å². The Bertz CT molecular complexity index is 1240. The summed E-state index contributed by atoms with van der Waals surface area (Å²) in [5, 5.41) is 11.7. The topological polar surface area (TPSA) is 104 Å². The highest BCUT2D eigenvalue weighted by atomic mass is 35.5. The third-order valence-corrected chi connectivity index (χ3v) is 7.76. The molecule has 0 spiro atoms. The summed E-state index contributed by atoms with van der Waals surface area (Å²) in [5.41, 5.74) is 2.13. The Morgan fingerprint density at radius 2 is 1.87 bits per heavy atom. The molecule has 0 unspecified atom stereocenters. The monoisotopic (exact) mass is 538 g/mol. The minimum absolute atomic E-state index is 0.0906. The Hall–Kier alpha value is -3.24. The van der Waals surface area contributed by atoms with Crippen LogP contribution in [0.3, 0.4) is 0 Å². The maximum atomic E-state index is 12.9. The van der Waals surface area contributed by atoms with Gasteiger partial charge in [-0.3, -0.25) is 9.69 Å². The normalized spacial score (nSPS) is 19.1. The number of halogens is 1. The first-order valence-corrected chi connectivity index (χ1v) is 13.8. The van der Waals surface area contributed by atoms with Crippen LogP contribution in [0.1, 0.15) is 49.2 Å². The van der Waals surface area contributed by atoms with Crippen molar-refractivity contribution in [1.82, 2.24) is 30.0 Å². The van der Waals surface area contributed by atoms with Gasteiger partial charge in [0, 0.05) is 61.9 Å². The molecule has 1 atom stereocenters. The van der Waals surface area contributed by atoms with Crippen molar-refractivity contribution < 1.29 is 9.21 Å². The Kier molecular flexibility index (Phi) is 8.09. The van der Waals surface area contributed by atoms with Gasteiger partial charge in [-0.05, 0) is 57.4 Å². The van der Waals surface area contributed by atoms with Gasteiger partial charge in [-0.1, -0.05) is 23.6 Å². The zero-order valence-electron chi connectivity index (χ0n) is 22.2. The molecule has 2 aliphatic heterocycles. The number of benzene rings is 1. The molecule has 10 nitrogen and oxygen atoms in total. The van der Waals surface area contributed by atoms with Crippen molar-refractivity contribution in [2.45, 2.75) is 52.1 Å². The van der Waals surface area contributed by atoms with Crippen LogP contribution in [0.25, 0.3) is 11.6 Å². The molecule has 202 valence electrons. The van der Waals surface area contributed by atoms with Gasteiger partial charge < -0.3 is 19.5 Å². The van der Waals surface area contributed by atoms with Crippen LogP contribution in [0.2, 0.25) is 5.02 Å². The van der Waals surface area contributed by atoms with Gasteiger partial charge in [0.15, 0.2) is 0 Å². The molecule has 2 aromatic heterocycles. The lowest BCUT2D eigenvalue weighted by Crippen LogP contribution is -2.58. The molecular formula is C27H35ClN8O2. The summed E-state index contributed by atoms with van der Waals surface area (Å²) in [6.07, 6.45) is 4.75. The van der Waals surface area contributed by atoms with Crippen LogP contribution in [0.15, 0.2) is 34.9 Å². The number of nitrogens with zero attached hydrogens (tertiary/aromatic N) is 7. The minimum Gasteiger partial charge on any atom is -0.402 e. The molecule has 4 heterocycles. The fraction of sp³-hybridized carbons (Fsp3) is 0.519. The molecule has 5 rings (SSSR count). The van der Waals surface area contributed by atoms with Gasteiger partial charge in [-0.15, -0.1) is 5.10 Å². The third-order valence-electron chi connectivity index (χ3n) is 7.50. The van der Waals surface area contributed by atoms with Crippen LogP contribution in [0, 0.1) is 6.92 Å². The van der Waals surface area contributed by atoms with Crippen LogP contribution in [0.4, 0.5) is 11.8 Å². The summed E-state index contributed by atoms with van der Waals surface area (Å²) in [7, 11) is 0. The van der Waals surface area contributed by atoms with Crippen molar-refractivity contribution >= 4 is 29.3 Å². The smallest absolute Gasteiger partial charge is 0.315 e. The highest BCUT2D eigenvalue weighted by Crippen LogP contribution is 2.28. The summed E-state index contributed by atoms with van der Waals surface area (Å²) >= 11 is 5.98. The summed E-state index contributed by atoms with van der Waals surface area (Å²) in [5.74, 6) is 1.36. The average molecular weight is 539 g/mol. The van der Waals surface area contributed by atoms with Gasteiger partial charge in [-0.2, -0.15) is 0 Å². The number of carbonyl (C=O) groups excluding carboxylic acids is 1. The van der Waals surface area contributed by atoms with E-state index in [-0.39, 0.29) is 5.91 Å². The van der Waals surface area contributed by atoms with E-state index in [2.05, 4.69) is 32.2 Å². The molecule has 0 bridgehead atoms. The predicted octanol–water partition coefficient (Wildman–Crippen LogP) is 4.13. The number of hydrogen-bond acceptors (Lipinski definition) is 9. The van der Waals surface area contributed by atoms with E-state index >= 15 is 0 Å². The molecule has 11 heteroatoms. The third kappa shape index (κ3) is 5.61. The lowest BCUT2D eigenvalue weighted by Gasteiger charge is -2.47. The number of piperidine rings is 1. The Morgan fingerprint density at radius 1 is 1.11 bits per heavy atom. The van der Waals surface area contributed by atoms with E-state index in [0.717, 1.165) is 63.5 Å². The predicted molar refractivity (Wildman–Crippen MR) is 148 cm³/mol. The second-order valence-corrected chi connectivity index (χ2v) is 10.3. The van der Waals surface area contributed by atoms with Crippen molar-refractivity contribution in [2.24, 2.45) is 0 Å². The number of rotatable bonds is 7. The molecule has 38 heavy (non-hydrogen) atoms. The highest BCUT2D eigenvalue weighted by Gasteiger charge is 2.35. The Balaban J connectivity index is 1.19. The fourth-order valence-corrected chi connectivity index (χ4v) is 5.65. The number of aryl methyl sites for hydroxylation is 1. The first-order chi connectivity index (χ1) is 18.5. The number of piperazine rings is 1. The van der Waals surface area contributed by atoms with E-state index in [0.29, 0.717) is 46.8 Å². The molecule has 0 radical (unpaired) electrons. The fourth-order valence-electron chi connectivity index (χ4n) is 5.52. The second kappa shape index (κ2) is 11.7. The largest absolute Gasteiger partial charge is 0.402 e. The van der Waals surface area contributed by atoms with Gasteiger partial charge in [0.2, 0.25) is 0 Å². The minimum atomic E-state index is 0.0906. The first-order valence-electron chi connectivity index (χ1n) is 13.4. The quantitative estimate of drug-likeness (QED) is 0.475.